The second kappa shape index (κ2) is 5.70. The van der Waals surface area contributed by atoms with Gasteiger partial charge in [0.25, 0.3) is 0 Å². The number of carbonyl (C=O) groups is 2. The minimum Gasteiger partial charge on any atom is -0.502 e. The number of aliphatic hydroxyl groups is 1. The Kier molecular flexibility index (Phi) is 4.11. The number of aliphatic carboxylic acids is 1. The smallest absolute Gasteiger partial charge is 0.416 e. The van der Waals surface area contributed by atoms with E-state index in [9.17, 15) is 27.9 Å². The van der Waals surface area contributed by atoms with Crippen LogP contribution in [0.5, 0.6) is 0 Å². The SMILES string of the molecule is O=C(O)CCC1OC(=O)C(O)=C1c1cccc(C(F)(F)F)c1. The Bertz CT molecular complexity index is 648. The molecule has 0 radical (unpaired) electrons. The number of hydrogen-bond donors (Lipinski definition) is 2. The van der Waals surface area contributed by atoms with Gasteiger partial charge < -0.3 is 14.9 Å². The summed E-state index contributed by atoms with van der Waals surface area (Å²) >= 11 is 0. The van der Waals surface area contributed by atoms with Crippen molar-refractivity contribution in [2.45, 2.75) is 25.1 Å². The fourth-order valence-electron chi connectivity index (χ4n) is 2.15. The van der Waals surface area contributed by atoms with Crippen molar-refractivity contribution in [2.24, 2.45) is 0 Å². The Morgan fingerprint density at radius 2 is 2.00 bits per heavy atom. The molecule has 1 aliphatic heterocycles. The first-order valence-electron chi connectivity index (χ1n) is 6.23. The van der Waals surface area contributed by atoms with Crippen molar-refractivity contribution in [1.82, 2.24) is 0 Å². The molecule has 5 nitrogen and oxygen atoms in total. The van der Waals surface area contributed by atoms with E-state index in [0.717, 1.165) is 18.2 Å². The summed E-state index contributed by atoms with van der Waals surface area (Å²) in [6.45, 7) is 0. The fourth-order valence-corrected chi connectivity index (χ4v) is 2.15. The van der Waals surface area contributed by atoms with Crippen LogP contribution in [0, 0.1) is 0 Å². The number of aliphatic hydroxyl groups excluding tert-OH is 1. The molecular weight excluding hydrogens is 305 g/mol. The standard InChI is InChI=1S/C14H11F3O5/c15-14(16,17)8-3-1-2-7(6-8)11-9(4-5-10(18)19)22-13(21)12(11)20/h1-3,6,9,20H,4-5H2,(H,18,19). The van der Waals surface area contributed by atoms with E-state index in [0.29, 0.717) is 0 Å². The van der Waals surface area contributed by atoms with Gasteiger partial charge in [-0.2, -0.15) is 13.2 Å². The summed E-state index contributed by atoms with van der Waals surface area (Å²) in [5.74, 6) is -3.02. The predicted molar refractivity (Wildman–Crippen MR) is 67.7 cm³/mol. The van der Waals surface area contributed by atoms with E-state index in [1.54, 1.807) is 0 Å². The van der Waals surface area contributed by atoms with E-state index < -0.39 is 35.5 Å². The van der Waals surface area contributed by atoms with E-state index in [1.165, 1.54) is 6.07 Å². The molecule has 1 aliphatic rings. The van der Waals surface area contributed by atoms with Crippen molar-refractivity contribution in [1.29, 1.82) is 0 Å². The van der Waals surface area contributed by atoms with Crippen molar-refractivity contribution < 1.29 is 37.7 Å². The summed E-state index contributed by atoms with van der Waals surface area (Å²) in [7, 11) is 0. The number of carboxylic acid groups (broad SMARTS) is 1. The average Bonchev–Trinajstić information content (AvgIpc) is 2.71. The van der Waals surface area contributed by atoms with Crippen LogP contribution < -0.4 is 0 Å². The monoisotopic (exact) mass is 316 g/mol. The van der Waals surface area contributed by atoms with Gasteiger partial charge in [-0.3, -0.25) is 4.79 Å². The number of ether oxygens (including phenoxy) is 1. The number of carbonyl (C=O) groups excluding carboxylic acids is 1. The first-order chi connectivity index (χ1) is 10.2. The molecular formula is C14H11F3O5. The van der Waals surface area contributed by atoms with Crippen LogP contribution in [-0.2, 0) is 20.5 Å². The zero-order valence-corrected chi connectivity index (χ0v) is 11.1. The first kappa shape index (κ1) is 15.9. The molecule has 0 spiro atoms. The minimum absolute atomic E-state index is 0.0337. The van der Waals surface area contributed by atoms with Crippen molar-refractivity contribution >= 4 is 17.5 Å². The number of esters is 1. The Hall–Kier alpha value is -2.51. The van der Waals surface area contributed by atoms with Gasteiger partial charge in [-0.15, -0.1) is 0 Å². The molecule has 0 saturated heterocycles. The lowest BCUT2D eigenvalue weighted by Crippen LogP contribution is -2.14. The number of carboxylic acids is 1. The second-order valence-electron chi connectivity index (χ2n) is 4.67. The molecule has 1 heterocycles. The van der Waals surface area contributed by atoms with E-state index in [4.69, 9.17) is 9.84 Å². The summed E-state index contributed by atoms with van der Waals surface area (Å²) in [6, 6.07) is 4.05. The number of alkyl halides is 3. The van der Waals surface area contributed by atoms with Crippen LogP contribution in [0.15, 0.2) is 30.0 Å². The molecule has 118 valence electrons. The van der Waals surface area contributed by atoms with E-state index >= 15 is 0 Å². The van der Waals surface area contributed by atoms with Gasteiger partial charge in [-0.25, -0.2) is 4.79 Å². The molecule has 1 aromatic carbocycles. The number of hydrogen-bond acceptors (Lipinski definition) is 4. The lowest BCUT2D eigenvalue weighted by molar-refractivity contribution is -0.144. The maximum Gasteiger partial charge on any atom is 0.416 e. The van der Waals surface area contributed by atoms with Crippen molar-refractivity contribution in [3.63, 3.8) is 0 Å². The van der Waals surface area contributed by atoms with Gasteiger partial charge in [-0.05, 0) is 24.1 Å². The first-order valence-corrected chi connectivity index (χ1v) is 6.23. The highest BCUT2D eigenvalue weighted by atomic mass is 19.4. The molecule has 2 rings (SSSR count). The third-order valence-electron chi connectivity index (χ3n) is 3.14. The van der Waals surface area contributed by atoms with Crippen LogP contribution in [0.3, 0.4) is 0 Å². The second-order valence-corrected chi connectivity index (χ2v) is 4.67. The van der Waals surface area contributed by atoms with Crippen molar-refractivity contribution in [2.75, 3.05) is 0 Å². The van der Waals surface area contributed by atoms with Crippen LogP contribution >= 0.6 is 0 Å². The molecule has 22 heavy (non-hydrogen) atoms. The molecule has 0 saturated carbocycles. The molecule has 1 aromatic rings. The normalized spacial score (nSPS) is 18.5. The van der Waals surface area contributed by atoms with Gasteiger partial charge in [0.1, 0.15) is 6.10 Å². The Morgan fingerprint density at radius 1 is 1.32 bits per heavy atom. The minimum atomic E-state index is -4.58. The summed E-state index contributed by atoms with van der Waals surface area (Å²) in [6.07, 6.45) is -6.16. The summed E-state index contributed by atoms with van der Waals surface area (Å²) in [5, 5.41) is 18.4. The lowest BCUT2D eigenvalue weighted by Gasteiger charge is -2.14. The zero-order chi connectivity index (χ0) is 16.5. The lowest BCUT2D eigenvalue weighted by atomic mass is 9.96. The molecule has 0 bridgehead atoms. The van der Waals surface area contributed by atoms with Gasteiger partial charge in [0.05, 0.1) is 5.56 Å². The molecule has 0 fully saturated rings. The summed E-state index contributed by atoms with van der Waals surface area (Å²) in [5.41, 5.74) is -1.10. The fraction of sp³-hybridized carbons (Fsp3) is 0.286. The van der Waals surface area contributed by atoms with Crippen LogP contribution in [0.2, 0.25) is 0 Å². The molecule has 2 N–H and O–H groups in total. The summed E-state index contributed by atoms with van der Waals surface area (Å²) < 4.78 is 43.0. The summed E-state index contributed by atoms with van der Waals surface area (Å²) in [4.78, 5) is 22.0. The van der Waals surface area contributed by atoms with E-state index in [-0.39, 0.29) is 24.0 Å². The highest BCUT2D eigenvalue weighted by Crippen LogP contribution is 2.36. The zero-order valence-electron chi connectivity index (χ0n) is 11.1. The number of halogens is 3. The van der Waals surface area contributed by atoms with Crippen LogP contribution in [-0.4, -0.2) is 28.3 Å². The molecule has 1 atom stereocenters. The highest BCUT2D eigenvalue weighted by molar-refractivity contribution is 6.00. The molecule has 1 unspecified atom stereocenters. The molecule has 0 amide bonds. The third kappa shape index (κ3) is 3.21. The Morgan fingerprint density at radius 3 is 2.59 bits per heavy atom. The van der Waals surface area contributed by atoms with Gasteiger partial charge >= 0.3 is 18.1 Å². The van der Waals surface area contributed by atoms with Crippen LogP contribution in [0.25, 0.3) is 5.57 Å². The quantitative estimate of drug-likeness (QED) is 0.835. The van der Waals surface area contributed by atoms with E-state index in [1.807, 2.05) is 0 Å². The van der Waals surface area contributed by atoms with Crippen LogP contribution in [0.1, 0.15) is 24.0 Å². The maximum atomic E-state index is 12.7. The Balaban J connectivity index is 2.39. The van der Waals surface area contributed by atoms with Gasteiger partial charge in [0.15, 0.2) is 0 Å². The molecule has 0 aliphatic carbocycles. The van der Waals surface area contributed by atoms with Gasteiger partial charge in [0.2, 0.25) is 5.76 Å². The third-order valence-corrected chi connectivity index (χ3v) is 3.14. The number of rotatable bonds is 4. The topological polar surface area (TPSA) is 83.8 Å². The Labute approximate surface area is 122 Å². The maximum absolute atomic E-state index is 12.7. The van der Waals surface area contributed by atoms with E-state index in [2.05, 4.69) is 0 Å². The highest BCUT2D eigenvalue weighted by Gasteiger charge is 2.37. The number of benzene rings is 1. The largest absolute Gasteiger partial charge is 0.502 e. The van der Waals surface area contributed by atoms with Gasteiger partial charge in [0, 0.05) is 12.0 Å². The van der Waals surface area contributed by atoms with Crippen LogP contribution in [0.4, 0.5) is 13.2 Å². The molecule has 0 aromatic heterocycles. The molecule has 8 heteroatoms. The van der Waals surface area contributed by atoms with Crippen molar-refractivity contribution in [3.8, 4) is 0 Å². The van der Waals surface area contributed by atoms with Crippen molar-refractivity contribution in [3.05, 3.63) is 41.2 Å². The number of cyclic esters (lactones) is 1. The predicted octanol–water partition coefficient (Wildman–Crippen LogP) is 2.76. The average molecular weight is 316 g/mol. The van der Waals surface area contributed by atoms with Gasteiger partial charge in [-0.1, -0.05) is 12.1 Å².